The summed E-state index contributed by atoms with van der Waals surface area (Å²) in [5.74, 6) is 0. The van der Waals surface area contributed by atoms with E-state index in [1.807, 2.05) is 0 Å². The first-order chi connectivity index (χ1) is 16.9. The van der Waals surface area contributed by atoms with Crippen LogP contribution in [0, 0.1) is 0 Å². The van der Waals surface area contributed by atoms with Crippen LogP contribution in [-0.2, 0) is 43.8 Å². The Kier molecular flexibility index (Phi) is 45.5. The summed E-state index contributed by atoms with van der Waals surface area (Å²) in [4.78, 5) is 3.25. The van der Waals surface area contributed by atoms with Crippen LogP contribution in [-0.4, -0.2) is 8.64 Å². The van der Waals surface area contributed by atoms with E-state index >= 15 is 0 Å². The Morgan fingerprint density at radius 1 is 0.457 bits per heavy atom. The molecule has 2 nitrogen and oxygen atoms in total. The van der Waals surface area contributed by atoms with E-state index in [1.54, 1.807) is 22.5 Å². The summed E-state index contributed by atoms with van der Waals surface area (Å²) in [6, 6.07) is 0. The van der Waals surface area contributed by atoms with Crippen LogP contribution in [0.15, 0.2) is 0 Å². The van der Waals surface area contributed by atoms with Gasteiger partial charge in [0.1, 0.15) is 0 Å². The molecule has 0 atom stereocenters. The summed E-state index contributed by atoms with van der Waals surface area (Å²) in [6.07, 6.45) is 32.7. The summed E-state index contributed by atoms with van der Waals surface area (Å²) in [5.41, 5.74) is 9.31. The first-order valence-electron chi connectivity index (χ1n) is 14.4. The van der Waals surface area contributed by atoms with Gasteiger partial charge in [-0.1, -0.05) is 22.5 Å². The van der Waals surface area contributed by atoms with Crippen LogP contribution in [0.3, 0.4) is 0 Å². The zero-order chi connectivity index (χ0) is 26.8. The molecule has 0 aliphatic rings. The second kappa shape index (κ2) is 39.4. The molecule has 0 spiro atoms. The van der Waals surface area contributed by atoms with Crippen molar-refractivity contribution >= 4 is 58.3 Å². The van der Waals surface area contributed by atoms with Crippen molar-refractivity contribution in [3.8, 4) is 0 Å². The van der Waals surface area contributed by atoms with Crippen LogP contribution in [0.1, 0.15) is 155 Å². The monoisotopic (exact) mass is 648 g/mol. The molecule has 0 amide bonds. The zero-order valence-corrected chi connectivity index (χ0v) is 28.4. The van der Waals surface area contributed by atoms with Crippen LogP contribution in [0.5, 0.6) is 0 Å². The molecule has 0 saturated heterocycles. The Bertz CT molecular complexity index is 368. The molecule has 7 heteroatoms. The van der Waals surface area contributed by atoms with Gasteiger partial charge in [-0.3, -0.25) is 0 Å². The molecule has 0 aliphatic heterocycles. The SMILES string of the molecule is CCCCCCCCCCCC[CH2][Mo+2][CH2]CCCCCCCCCCCC.NC(=S)[S-].NC(=S)[S-]. The third kappa shape index (κ3) is 60.9. The van der Waals surface area contributed by atoms with Gasteiger partial charge in [-0.15, -0.1) is 0 Å². The number of nitrogens with two attached hydrogens (primary N) is 2. The van der Waals surface area contributed by atoms with Crippen molar-refractivity contribution in [3.05, 3.63) is 0 Å². The third-order valence-electron chi connectivity index (χ3n) is 5.78. The summed E-state index contributed by atoms with van der Waals surface area (Å²) in [7, 11) is 0. The Morgan fingerprint density at radius 2 is 0.629 bits per heavy atom. The van der Waals surface area contributed by atoms with Crippen molar-refractivity contribution in [2.75, 3.05) is 0 Å². The van der Waals surface area contributed by atoms with Gasteiger partial charge in [0.15, 0.2) is 0 Å². The second-order valence-corrected chi connectivity index (χ2v) is 14.6. The minimum absolute atomic E-state index is 0.0833. The molecule has 0 aromatic heterocycles. The molecule has 0 aromatic carbocycles. The zero-order valence-electron chi connectivity index (χ0n) is 23.2. The quantitative estimate of drug-likeness (QED) is 0.0471. The Morgan fingerprint density at radius 3 is 0.829 bits per heavy atom. The maximum atomic E-state index is 4.66. The molecule has 0 aromatic rings. The fourth-order valence-electron chi connectivity index (χ4n) is 3.84. The van der Waals surface area contributed by atoms with E-state index in [9.17, 15) is 0 Å². The van der Waals surface area contributed by atoms with Crippen molar-refractivity contribution in [2.24, 2.45) is 11.5 Å². The van der Waals surface area contributed by atoms with E-state index in [1.165, 1.54) is 128 Å². The minimum Gasteiger partial charge on any atom is -0.415 e. The van der Waals surface area contributed by atoms with E-state index in [2.05, 4.69) is 75.0 Å². The van der Waals surface area contributed by atoms with E-state index in [0.29, 0.717) is 18.6 Å². The number of hydrogen-bond acceptors (Lipinski definition) is 4. The van der Waals surface area contributed by atoms with Gasteiger partial charge < -0.3 is 61.2 Å². The van der Waals surface area contributed by atoms with Crippen molar-refractivity contribution in [1.82, 2.24) is 0 Å². The third-order valence-corrected chi connectivity index (χ3v) is 8.62. The number of hydrogen-bond donors (Lipinski definition) is 2. The number of unbranched alkanes of at least 4 members (excludes halogenated alkanes) is 20. The molecule has 0 heterocycles. The van der Waals surface area contributed by atoms with Gasteiger partial charge in [0.05, 0.1) is 0 Å². The smallest absolute Gasteiger partial charge is 0.415 e. The minimum atomic E-state index is 0.0833. The van der Waals surface area contributed by atoms with Gasteiger partial charge >= 0.3 is 169 Å². The van der Waals surface area contributed by atoms with Crippen molar-refractivity contribution in [1.29, 1.82) is 0 Å². The Hall–Kier alpha value is 0.908. The number of rotatable bonds is 24. The van der Waals surface area contributed by atoms with Gasteiger partial charge in [0.2, 0.25) is 0 Å². The molecule has 0 bridgehead atoms. The van der Waals surface area contributed by atoms with Gasteiger partial charge in [-0.25, -0.2) is 0 Å². The summed E-state index contributed by atoms with van der Waals surface area (Å²) in [5, 5.41) is 0. The van der Waals surface area contributed by atoms with Crippen molar-refractivity contribution in [2.45, 2.75) is 165 Å². The van der Waals surface area contributed by atoms with Crippen molar-refractivity contribution < 1.29 is 18.6 Å². The fourth-order valence-corrected chi connectivity index (χ4v) is 6.35. The molecule has 0 unspecified atom stereocenters. The van der Waals surface area contributed by atoms with E-state index in [0.717, 1.165) is 0 Å². The topological polar surface area (TPSA) is 52.0 Å². The molecule has 210 valence electrons. The van der Waals surface area contributed by atoms with E-state index in [4.69, 9.17) is 0 Å². The van der Waals surface area contributed by atoms with Crippen LogP contribution in [0.4, 0.5) is 0 Å². The summed E-state index contributed by atoms with van der Waals surface area (Å²) >= 11 is 16.9. The van der Waals surface area contributed by atoms with Gasteiger partial charge in [0.25, 0.3) is 0 Å². The first kappa shape index (κ1) is 40.4. The fraction of sp³-hybridized carbons (Fsp3) is 0.929. The van der Waals surface area contributed by atoms with Crippen LogP contribution in [0.2, 0.25) is 9.62 Å². The standard InChI is InChI=1S/2C13H27.2CH3NS2.Mo/c2*1-3-5-7-9-11-13-12-10-8-6-4-2;2*2-1(3)4;/h2*1,3-13H2,2H3;2*(H3,2,3,4);/q;;;;+2/p-2. The maximum absolute atomic E-state index is 4.66. The van der Waals surface area contributed by atoms with Crippen molar-refractivity contribution in [3.63, 3.8) is 0 Å². The molecular formula is C28H58MoN2S4. The molecular weight excluding hydrogens is 589 g/mol. The predicted molar refractivity (Wildman–Crippen MR) is 171 cm³/mol. The average Bonchev–Trinajstić information content (AvgIpc) is 2.79. The molecule has 35 heavy (non-hydrogen) atoms. The van der Waals surface area contributed by atoms with Gasteiger partial charge in [0, 0.05) is 0 Å². The molecule has 4 N–H and O–H groups in total. The van der Waals surface area contributed by atoms with Crippen LogP contribution >= 0.6 is 24.4 Å². The summed E-state index contributed by atoms with van der Waals surface area (Å²) in [6.45, 7) is 4.61. The molecule has 0 radical (unpaired) electrons. The van der Waals surface area contributed by atoms with Gasteiger partial charge in [-0.05, 0) is 0 Å². The summed E-state index contributed by atoms with van der Waals surface area (Å²) < 4.78 is 0.167. The van der Waals surface area contributed by atoms with Crippen LogP contribution < -0.4 is 11.5 Å². The number of thiocarbonyl (C=S) groups is 2. The molecule has 0 rings (SSSR count). The predicted octanol–water partition coefficient (Wildman–Crippen LogP) is 10.1. The second-order valence-electron chi connectivity index (χ2n) is 9.32. The van der Waals surface area contributed by atoms with E-state index in [-0.39, 0.29) is 8.64 Å². The Labute approximate surface area is 251 Å². The Balaban J connectivity index is -0.00000110. The average molecular weight is 647 g/mol. The molecule has 0 aliphatic carbocycles. The molecule has 0 fully saturated rings. The first-order valence-corrected chi connectivity index (χ1v) is 18.9. The van der Waals surface area contributed by atoms with Crippen LogP contribution in [0.25, 0.3) is 0 Å². The van der Waals surface area contributed by atoms with Gasteiger partial charge in [-0.2, -0.15) is 0 Å². The normalized spacial score (nSPS) is 10.0. The van der Waals surface area contributed by atoms with E-state index < -0.39 is 0 Å². The molecule has 0 saturated carbocycles.